The zero-order valence-electron chi connectivity index (χ0n) is 23.4. The first-order chi connectivity index (χ1) is 20.7. The fourth-order valence-electron chi connectivity index (χ4n) is 4.75. The fourth-order valence-corrected chi connectivity index (χ4v) is 6.86. The molecule has 0 spiro atoms. The van der Waals surface area contributed by atoms with Crippen LogP contribution in [0.2, 0.25) is 0 Å². The molecule has 0 saturated heterocycles. The number of benzene rings is 3. The highest BCUT2D eigenvalue weighted by Gasteiger charge is 2.33. The highest BCUT2D eigenvalue weighted by molar-refractivity contribution is 9.10. The van der Waals surface area contributed by atoms with Crippen molar-refractivity contribution in [3.8, 4) is 17.6 Å². The summed E-state index contributed by atoms with van der Waals surface area (Å²) in [5.74, 6) is 0.708. The molecular formula is C32H25Br2N3O5S. The molecule has 218 valence electrons. The number of ether oxygens (including phenoxy) is 3. The largest absolute Gasteiger partial charge is 0.496 e. The second-order valence-electron chi connectivity index (χ2n) is 9.44. The van der Waals surface area contributed by atoms with Crippen molar-refractivity contribution in [2.24, 2.45) is 4.99 Å². The number of esters is 1. The van der Waals surface area contributed by atoms with E-state index in [1.165, 1.54) is 11.3 Å². The predicted molar refractivity (Wildman–Crippen MR) is 171 cm³/mol. The number of aromatic nitrogens is 1. The summed E-state index contributed by atoms with van der Waals surface area (Å²) in [7, 11) is 1.57. The monoisotopic (exact) mass is 721 g/mol. The molecule has 1 aromatic heterocycles. The standard InChI is InChI=1S/C32H25Br2N3O5S/c1-4-41-31(39)28-18(2)36-32-37(29(28)20-10-12-25(40-3)24(34)15-20)30(38)27(43-32)14-19-9-11-26(23(33)13-19)42-17-22-8-6-5-7-21(22)16-35/h5-15,29H,4,17H2,1-3H3/b27-14+/t29-/m1/s1. The number of thiazole rings is 1. The molecule has 8 nitrogen and oxygen atoms in total. The molecule has 1 aliphatic rings. The average Bonchev–Trinajstić information content (AvgIpc) is 3.29. The van der Waals surface area contributed by atoms with Crippen molar-refractivity contribution in [1.29, 1.82) is 5.26 Å². The summed E-state index contributed by atoms with van der Waals surface area (Å²) in [5.41, 5.74) is 3.35. The normalized spacial score (nSPS) is 14.5. The van der Waals surface area contributed by atoms with E-state index < -0.39 is 12.0 Å². The molecule has 43 heavy (non-hydrogen) atoms. The van der Waals surface area contributed by atoms with Gasteiger partial charge in [-0.3, -0.25) is 9.36 Å². The first-order valence-electron chi connectivity index (χ1n) is 13.2. The van der Waals surface area contributed by atoms with Gasteiger partial charge >= 0.3 is 5.97 Å². The summed E-state index contributed by atoms with van der Waals surface area (Å²) in [6, 6.07) is 19.7. The Morgan fingerprint density at radius 1 is 1.12 bits per heavy atom. The second-order valence-corrected chi connectivity index (χ2v) is 12.2. The van der Waals surface area contributed by atoms with Crippen molar-refractivity contribution in [2.45, 2.75) is 26.5 Å². The van der Waals surface area contributed by atoms with Crippen LogP contribution in [0.3, 0.4) is 0 Å². The molecule has 0 amide bonds. The Morgan fingerprint density at radius 2 is 1.86 bits per heavy atom. The lowest BCUT2D eigenvalue weighted by Gasteiger charge is -2.25. The summed E-state index contributed by atoms with van der Waals surface area (Å²) >= 11 is 8.35. The molecule has 0 N–H and O–H groups in total. The van der Waals surface area contributed by atoms with Crippen LogP contribution in [-0.4, -0.2) is 24.3 Å². The molecule has 1 aliphatic heterocycles. The van der Waals surface area contributed by atoms with Gasteiger partial charge in [0.05, 0.1) is 56.1 Å². The van der Waals surface area contributed by atoms with E-state index in [4.69, 9.17) is 14.2 Å². The van der Waals surface area contributed by atoms with Gasteiger partial charge in [-0.15, -0.1) is 0 Å². The van der Waals surface area contributed by atoms with Gasteiger partial charge in [-0.2, -0.15) is 5.26 Å². The Balaban J connectivity index is 1.54. The summed E-state index contributed by atoms with van der Waals surface area (Å²) in [6.45, 7) is 3.92. The Labute approximate surface area is 268 Å². The Kier molecular flexibility index (Phi) is 9.30. The maximum absolute atomic E-state index is 13.9. The van der Waals surface area contributed by atoms with Crippen LogP contribution in [0.4, 0.5) is 0 Å². The Bertz CT molecular complexity index is 1990. The van der Waals surface area contributed by atoms with Crippen LogP contribution in [-0.2, 0) is 16.1 Å². The Hall–Kier alpha value is -3.98. The number of halogens is 2. The topological polar surface area (TPSA) is 103 Å². The quantitative estimate of drug-likeness (QED) is 0.214. The molecule has 2 heterocycles. The molecule has 1 atom stereocenters. The average molecular weight is 723 g/mol. The highest BCUT2D eigenvalue weighted by Crippen LogP contribution is 2.35. The molecule has 0 radical (unpaired) electrons. The van der Waals surface area contributed by atoms with Crippen LogP contribution in [0, 0.1) is 11.3 Å². The zero-order valence-corrected chi connectivity index (χ0v) is 27.4. The third-order valence-corrected chi connectivity index (χ3v) is 9.01. The summed E-state index contributed by atoms with van der Waals surface area (Å²) in [4.78, 5) is 32.2. The van der Waals surface area contributed by atoms with Gasteiger partial charge in [-0.05, 0) is 93.2 Å². The number of hydrogen-bond donors (Lipinski definition) is 0. The second kappa shape index (κ2) is 13.1. The van der Waals surface area contributed by atoms with Crippen LogP contribution >= 0.6 is 43.2 Å². The lowest BCUT2D eigenvalue weighted by molar-refractivity contribution is -0.139. The number of rotatable bonds is 8. The van der Waals surface area contributed by atoms with Gasteiger partial charge in [0.15, 0.2) is 4.80 Å². The Morgan fingerprint density at radius 3 is 2.56 bits per heavy atom. The van der Waals surface area contributed by atoms with Gasteiger partial charge in [-0.25, -0.2) is 9.79 Å². The smallest absolute Gasteiger partial charge is 0.338 e. The van der Waals surface area contributed by atoms with Crippen molar-refractivity contribution in [1.82, 2.24) is 4.57 Å². The van der Waals surface area contributed by atoms with E-state index in [0.717, 1.165) is 11.1 Å². The number of carbonyl (C=O) groups excluding carboxylic acids is 1. The van der Waals surface area contributed by atoms with Crippen LogP contribution in [0.25, 0.3) is 6.08 Å². The number of fused-ring (bicyclic) bond motifs is 1. The third-order valence-electron chi connectivity index (χ3n) is 6.78. The maximum Gasteiger partial charge on any atom is 0.338 e. The van der Waals surface area contributed by atoms with Crippen molar-refractivity contribution in [3.05, 3.63) is 123 Å². The van der Waals surface area contributed by atoms with Gasteiger partial charge in [0.25, 0.3) is 5.56 Å². The fraction of sp³-hybridized carbons (Fsp3) is 0.188. The maximum atomic E-state index is 13.9. The minimum Gasteiger partial charge on any atom is -0.496 e. The van der Waals surface area contributed by atoms with Crippen molar-refractivity contribution < 1.29 is 19.0 Å². The number of allylic oxidation sites excluding steroid dienone is 1. The van der Waals surface area contributed by atoms with E-state index >= 15 is 0 Å². The lowest BCUT2D eigenvalue weighted by Crippen LogP contribution is -2.39. The molecule has 0 aliphatic carbocycles. The molecule has 11 heteroatoms. The van der Waals surface area contributed by atoms with Crippen LogP contribution in [0.15, 0.2) is 90.7 Å². The SMILES string of the molecule is CCOC(=O)C1=C(C)N=c2s/c(=C/c3ccc(OCc4ccccc4C#N)c(Br)c3)c(=O)n2[C@@H]1c1ccc(OC)c(Br)c1. The van der Waals surface area contributed by atoms with Crippen LogP contribution in [0.1, 0.15) is 42.1 Å². The lowest BCUT2D eigenvalue weighted by atomic mass is 9.96. The molecule has 3 aromatic carbocycles. The zero-order chi connectivity index (χ0) is 30.7. The van der Waals surface area contributed by atoms with Crippen LogP contribution < -0.4 is 24.4 Å². The molecule has 0 bridgehead atoms. The third kappa shape index (κ3) is 6.22. The summed E-state index contributed by atoms with van der Waals surface area (Å²) < 4.78 is 20.1. The summed E-state index contributed by atoms with van der Waals surface area (Å²) in [6.07, 6.45) is 1.79. The molecule has 0 unspecified atom stereocenters. The van der Waals surface area contributed by atoms with E-state index in [-0.39, 0.29) is 18.8 Å². The highest BCUT2D eigenvalue weighted by atomic mass is 79.9. The van der Waals surface area contributed by atoms with E-state index in [9.17, 15) is 14.9 Å². The van der Waals surface area contributed by atoms with Gasteiger partial charge in [0.2, 0.25) is 0 Å². The molecule has 4 aromatic rings. The summed E-state index contributed by atoms with van der Waals surface area (Å²) in [5, 5.41) is 9.34. The van der Waals surface area contributed by atoms with Gasteiger partial charge in [0.1, 0.15) is 18.1 Å². The molecule has 0 fully saturated rings. The number of methoxy groups -OCH3 is 1. The number of hydrogen-bond acceptors (Lipinski definition) is 8. The molecule has 5 rings (SSSR count). The molecular weight excluding hydrogens is 698 g/mol. The van der Waals surface area contributed by atoms with Crippen molar-refractivity contribution >= 4 is 55.2 Å². The van der Waals surface area contributed by atoms with E-state index in [0.29, 0.717) is 52.2 Å². The van der Waals surface area contributed by atoms with Gasteiger partial charge in [-0.1, -0.05) is 41.7 Å². The minimum absolute atomic E-state index is 0.193. The van der Waals surface area contributed by atoms with Gasteiger partial charge < -0.3 is 14.2 Å². The number of nitrogens with zero attached hydrogens (tertiary/aromatic N) is 3. The van der Waals surface area contributed by atoms with Crippen molar-refractivity contribution in [3.63, 3.8) is 0 Å². The first-order valence-corrected chi connectivity index (χ1v) is 15.6. The van der Waals surface area contributed by atoms with E-state index in [1.54, 1.807) is 43.7 Å². The number of nitriles is 1. The molecule has 0 saturated carbocycles. The van der Waals surface area contributed by atoms with Crippen molar-refractivity contribution in [2.75, 3.05) is 13.7 Å². The van der Waals surface area contributed by atoms with Gasteiger partial charge in [0, 0.05) is 5.56 Å². The first kappa shape index (κ1) is 30.5. The van der Waals surface area contributed by atoms with Crippen LogP contribution in [0.5, 0.6) is 11.5 Å². The number of carbonyl (C=O) groups is 1. The minimum atomic E-state index is -0.738. The van der Waals surface area contributed by atoms with E-state index in [2.05, 4.69) is 42.9 Å². The van der Waals surface area contributed by atoms with E-state index in [1.807, 2.05) is 48.5 Å². The predicted octanol–water partition coefficient (Wildman–Crippen LogP) is 5.78.